The Bertz CT molecular complexity index is 907. The zero-order chi connectivity index (χ0) is 15.9. The van der Waals surface area contributed by atoms with Gasteiger partial charge in [-0.1, -0.05) is 29.8 Å². The molecule has 0 amide bonds. The third-order valence-electron chi connectivity index (χ3n) is 3.89. The van der Waals surface area contributed by atoms with E-state index in [-0.39, 0.29) is 11.3 Å². The topological polar surface area (TPSA) is 52.0 Å². The van der Waals surface area contributed by atoms with Crippen molar-refractivity contribution < 1.29 is 4.79 Å². The highest BCUT2D eigenvalue weighted by molar-refractivity contribution is 7.17. The maximum Gasteiger partial charge on any atom is 0.263 e. The fourth-order valence-corrected chi connectivity index (χ4v) is 3.27. The Morgan fingerprint density at radius 2 is 1.95 bits per heavy atom. The summed E-state index contributed by atoms with van der Waals surface area (Å²) in [5, 5.41) is 2.54. The van der Waals surface area contributed by atoms with E-state index in [2.05, 4.69) is 4.98 Å². The number of rotatable bonds is 3. The highest BCUT2D eigenvalue weighted by Crippen LogP contribution is 2.30. The molecule has 4 nitrogen and oxygen atoms in total. The zero-order valence-electron chi connectivity index (χ0n) is 12.7. The summed E-state index contributed by atoms with van der Waals surface area (Å²) in [4.78, 5) is 29.4. The van der Waals surface area contributed by atoms with E-state index >= 15 is 0 Å². The number of benzene rings is 1. The number of hydrogen-bond donors (Lipinski definition) is 0. The molecule has 1 aromatic carbocycles. The second-order valence-corrected chi connectivity index (χ2v) is 6.30. The van der Waals surface area contributed by atoms with Crippen LogP contribution in [0.5, 0.6) is 0 Å². The molecule has 5 heteroatoms. The minimum atomic E-state index is -0.504. The Labute approximate surface area is 132 Å². The van der Waals surface area contributed by atoms with Gasteiger partial charge in [0, 0.05) is 10.9 Å². The van der Waals surface area contributed by atoms with Crippen molar-refractivity contribution in [1.29, 1.82) is 0 Å². The number of fused-ring (bicyclic) bond motifs is 1. The Morgan fingerprint density at radius 3 is 2.59 bits per heavy atom. The molecule has 0 N–H and O–H groups in total. The fraction of sp³-hybridized carbons (Fsp3) is 0.235. The molecule has 1 atom stereocenters. The van der Waals surface area contributed by atoms with Crippen molar-refractivity contribution in [3.63, 3.8) is 0 Å². The van der Waals surface area contributed by atoms with Gasteiger partial charge in [-0.05, 0) is 26.3 Å². The molecule has 2 aromatic heterocycles. The minimum Gasteiger partial charge on any atom is -0.298 e. The average molecular weight is 312 g/mol. The van der Waals surface area contributed by atoms with Crippen molar-refractivity contribution >= 4 is 27.3 Å². The van der Waals surface area contributed by atoms with Crippen LogP contribution in [-0.4, -0.2) is 15.3 Å². The number of thiophene rings is 1. The number of ketones is 1. The van der Waals surface area contributed by atoms with Gasteiger partial charge in [0.25, 0.3) is 5.56 Å². The molecule has 0 fully saturated rings. The van der Waals surface area contributed by atoms with Crippen LogP contribution in [0.3, 0.4) is 0 Å². The average Bonchev–Trinajstić information content (AvgIpc) is 2.92. The molecule has 3 aromatic rings. The van der Waals surface area contributed by atoms with Crippen LogP contribution in [0.15, 0.2) is 40.8 Å². The molecular weight excluding hydrogens is 296 g/mol. The number of carbonyl (C=O) groups is 1. The lowest BCUT2D eigenvalue weighted by Gasteiger charge is -2.11. The Kier molecular flexibility index (Phi) is 3.66. The number of hydrogen-bond acceptors (Lipinski definition) is 4. The molecule has 0 aliphatic heterocycles. The molecule has 112 valence electrons. The van der Waals surface area contributed by atoms with E-state index in [1.165, 1.54) is 34.7 Å². The van der Waals surface area contributed by atoms with Crippen molar-refractivity contribution in [3.8, 4) is 11.1 Å². The van der Waals surface area contributed by atoms with Crippen molar-refractivity contribution in [2.45, 2.75) is 26.8 Å². The lowest BCUT2D eigenvalue weighted by Crippen LogP contribution is -2.27. The van der Waals surface area contributed by atoms with Gasteiger partial charge in [-0.2, -0.15) is 0 Å². The largest absolute Gasteiger partial charge is 0.298 e. The highest BCUT2D eigenvalue weighted by atomic mass is 32.1. The van der Waals surface area contributed by atoms with Gasteiger partial charge in [0.2, 0.25) is 0 Å². The molecule has 2 heterocycles. The maximum atomic E-state index is 12.8. The van der Waals surface area contributed by atoms with Crippen LogP contribution in [0.2, 0.25) is 0 Å². The first kappa shape index (κ1) is 14.7. The normalized spacial score (nSPS) is 12.5. The van der Waals surface area contributed by atoms with Gasteiger partial charge in [0.1, 0.15) is 4.83 Å². The number of aryl methyl sites for hydroxylation is 1. The highest BCUT2D eigenvalue weighted by Gasteiger charge is 2.17. The van der Waals surface area contributed by atoms with Crippen molar-refractivity contribution in [3.05, 3.63) is 51.9 Å². The molecule has 0 bridgehead atoms. The van der Waals surface area contributed by atoms with Crippen LogP contribution in [-0.2, 0) is 4.79 Å². The lowest BCUT2D eigenvalue weighted by atomic mass is 10.0. The fourth-order valence-electron chi connectivity index (χ4n) is 2.36. The van der Waals surface area contributed by atoms with E-state index in [0.29, 0.717) is 10.2 Å². The van der Waals surface area contributed by atoms with Gasteiger partial charge in [0.15, 0.2) is 5.78 Å². The van der Waals surface area contributed by atoms with Crippen LogP contribution in [0.1, 0.15) is 25.5 Å². The van der Waals surface area contributed by atoms with Crippen LogP contribution in [0, 0.1) is 6.92 Å². The summed E-state index contributed by atoms with van der Waals surface area (Å²) in [7, 11) is 0. The molecule has 0 spiro atoms. The molecule has 0 aliphatic carbocycles. The molecular formula is C17H16N2O2S. The van der Waals surface area contributed by atoms with Gasteiger partial charge in [0.05, 0.1) is 17.8 Å². The Balaban J connectivity index is 2.25. The Hall–Kier alpha value is -2.27. The third-order valence-corrected chi connectivity index (χ3v) is 4.77. The van der Waals surface area contributed by atoms with Crippen molar-refractivity contribution in [2.24, 2.45) is 0 Å². The molecule has 0 aliphatic rings. The summed E-state index contributed by atoms with van der Waals surface area (Å²) in [5.41, 5.74) is 2.88. The minimum absolute atomic E-state index is 0.0598. The third kappa shape index (κ3) is 2.37. The first-order valence-corrected chi connectivity index (χ1v) is 7.93. The summed E-state index contributed by atoms with van der Waals surface area (Å²) in [5.74, 6) is -0.0598. The van der Waals surface area contributed by atoms with Gasteiger partial charge in [-0.3, -0.25) is 14.2 Å². The quantitative estimate of drug-likeness (QED) is 0.742. The standard InChI is InChI=1S/C17H16N2O2S/c1-10-4-6-13(7-5-10)14-8-22-16-15(14)17(21)19(9-18-16)11(2)12(3)20/h4-9,11H,1-3H3/t11-/m0/s1. The molecule has 3 rings (SSSR count). The van der Waals surface area contributed by atoms with Crippen molar-refractivity contribution in [2.75, 3.05) is 0 Å². The van der Waals surface area contributed by atoms with E-state index in [1.54, 1.807) is 6.92 Å². The van der Waals surface area contributed by atoms with Crippen LogP contribution < -0.4 is 5.56 Å². The van der Waals surface area contributed by atoms with Gasteiger partial charge in [-0.15, -0.1) is 11.3 Å². The molecule has 0 unspecified atom stereocenters. The van der Waals surface area contributed by atoms with Gasteiger partial charge in [-0.25, -0.2) is 4.98 Å². The molecule has 0 saturated heterocycles. The number of nitrogens with zero attached hydrogens (tertiary/aromatic N) is 2. The van der Waals surface area contributed by atoms with Crippen LogP contribution in [0.25, 0.3) is 21.3 Å². The van der Waals surface area contributed by atoms with E-state index in [9.17, 15) is 9.59 Å². The molecule has 22 heavy (non-hydrogen) atoms. The predicted octanol–water partition coefficient (Wildman–Crippen LogP) is 3.58. The second-order valence-electron chi connectivity index (χ2n) is 5.44. The first-order valence-electron chi connectivity index (χ1n) is 7.05. The molecule has 0 radical (unpaired) electrons. The monoisotopic (exact) mass is 312 g/mol. The van der Waals surface area contributed by atoms with Crippen LogP contribution >= 0.6 is 11.3 Å². The summed E-state index contributed by atoms with van der Waals surface area (Å²) in [6, 6.07) is 7.54. The summed E-state index contributed by atoms with van der Waals surface area (Å²) < 4.78 is 1.41. The van der Waals surface area contributed by atoms with Crippen LogP contribution in [0.4, 0.5) is 0 Å². The number of Topliss-reactive ketones (excluding diaryl/α,β-unsaturated/α-hetero) is 1. The zero-order valence-corrected chi connectivity index (χ0v) is 13.5. The SMILES string of the molecule is CC(=O)[C@H](C)n1cnc2scc(-c3ccc(C)cc3)c2c1=O. The Morgan fingerprint density at radius 1 is 1.27 bits per heavy atom. The van der Waals surface area contributed by atoms with Crippen molar-refractivity contribution in [1.82, 2.24) is 9.55 Å². The smallest absolute Gasteiger partial charge is 0.263 e. The van der Waals surface area contributed by atoms with Gasteiger partial charge < -0.3 is 0 Å². The predicted molar refractivity (Wildman–Crippen MR) is 89.4 cm³/mol. The van der Waals surface area contributed by atoms with Gasteiger partial charge >= 0.3 is 0 Å². The van der Waals surface area contributed by atoms with E-state index in [4.69, 9.17) is 0 Å². The second kappa shape index (κ2) is 5.50. The van der Waals surface area contributed by atoms with E-state index < -0.39 is 6.04 Å². The van der Waals surface area contributed by atoms with E-state index in [1.807, 2.05) is 36.6 Å². The summed E-state index contributed by atoms with van der Waals surface area (Å²) in [6.07, 6.45) is 1.46. The number of aromatic nitrogens is 2. The first-order chi connectivity index (χ1) is 10.5. The lowest BCUT2D eigenvalue weighted by molar-refractivity contribution is -0.119. The molecule has 0 saturated carbocycles. The van der Waals surface area contributed by atoms with E-state index in [0.717, 1.165) is 11.1 Å². The summed E-state index contributed by atoms with van der Waals surface area (Å²) in [6.45, 7) is 5.23. The number of carbonyl (C=O) groups excluding carboxylic acids is 1. The maximum absolute atomic E-state index is 12.8. The summed E-state index contributed by atoms with van der Waals surface area (Å²) >= 11 is 1.45.